The summed E-state index contributed by atoms with van der Waals surface area (Å²) in [6.07, 6.45) is 0.233. The Hall–Kier alpha value is -2.89. The Kier molecular flexibility index (Phi) is 4.74. The first-order chi connectivity index (χ1) is 11.7. The predicted molar refractivity (Wildman–Crippen MR) is 90.1 cm³/mol. The fourth-order valence-corrected chi connectivity index (χ4v) is 2.66. The van der Waals surface area contributed by atoms with Crippen molar-refractivity contribution < 1.29 is 14.4 Å². The number of hydrogen-bond donors (Lipinski definition) is 0. The van der Waals surface area contributed by atoms with Gasteiger partial charge in [0, 0.05) is 11.3 Å². The standard InChI is InChI=1S/C18H18N2O4/c1-23-15-9-7-13(8-10-15)11-17(20(21)22)18-19-16(12-24-18)14-5-3-2-4-6-14/h2-10,16-17H,11-12H2,1H3/t16-,17+/m0/s1. The summed E-state index contributed by atoms with van der Waals surface area (Å²) < 4.78 is 10.6. The molecule has 0 fully saturated rings. The molecule has 0 saturated carbocycles. The molecule has 0 unspecified atom stereocenters. The highest BCUT2D eigenvalue weighted by molar-refractivity contribution is 5.82. The van der Waals surface area contributed by atoms with Crippen LogP contribution in [0.1, 0.15) is 17.2 Å². The third kappa shape index (κ3) is 3.53. The molecule has 6 nitrogen and oxygen atoms in total. The molecule has 3 rings (SSSR count). The minimum Gasteiger partial charge on any atom is -0.497 e. The molecule has 2 aromatic rings. The van der Waals surface area contributed by atoms with E-state index in [1.807, 2.05) is 42.5 Å². The molecule has 1 heterocycles. The second kappa shape index (κ2) is 7.12. The number of aliphatic imine (C=N–C) groups is 1. The van der Waals surface area contributed by atoms with Crippen LogP contribution in [0.5, 0.6) is 5.75 Å². The van der Waals surface area contributed by atoms with Crippen LogP contribution in [0, 0.1) is 10.1 Å². The van der Waals surface area contributed by atoms with Gasteiger partial charge in [-0.05, 0) is 23.3 Å². The highest BCUT2D eigenvalue weighted by Gasteiger charge is 2.34. The molecule has 0 bridgehead atoms. The van der Waals surface area contributed by atoms with Crippen LogP contribution >= 0.6 is 0 Å². The Morgan fingerprint density at radius 1 is 1.25 bits per heavy atom. The molecule has 0 spiro atoms. The van der Waals surface area contributed by atoms with E-state index in [1.54, 1.807) is 19.2 Å². The predicted octanol–water partition coefficient (Wildman–Crippen LogP) is 3.05. The third-order valence-electron chi connectivity index (χ3n) is 3.98. The van der Waals surface area contributed by atoms with Gasteiger partial charge in [-0.2, -0.15) is 0 Å². The monoisotopic (exact) mass is 326 g/mol. The zero-order chi connectivity index (χ0) is 16.9. The number of nitro groups is 1. The average molecular weight is 326 g/mol. The van der Waals surface area contributed by atoms with Crippen molar-refractivity contribution >= 4 is 5.90 Å². The Morgan fingerprint density at radius 2 is 1.96 bits per heavy atom. The molecule has 0 radical (unpaired) electrons. The maximum absolute atomic E-state index is 11.5. The van der Waals surface area contributed by atoms with Gasteiger partial charge in [0.15, 0.2) is 0 Å². The number of methoxy groups -OCH3 is 1. The van der Waals surface area contributed by atoms with Crippen molar-refractivity contribution in [2.75, 3.05) is 13.7 Å². The topological polar surface area (TPSA) is 74.0 Å². The maximum atomic E-state index is 11.5. The van der Waals surface area contributed by atoms with E-state index in [2.05, 4.69) is 4.99 Å². The van der Waals surface area contributed by atoms with E-state index >= 15 is 0 Å². The van der Waals surface area contributed by atoms with Crippen LogP contribution in [0.15, 0.2) is 59.6 Å². The van der Waals surface area contributed by atoms with Crippen molar-refractivity contribution in [1.29, 1.82) is 0 Å². The summed E-state index contributed by atoms with van der Waals surface area (Å²) in [5, 5.41) is 11.5. The van der Waals surface area contributed by atoms with Crippen molar-refractivity contribution in [3.63, 3.8) is 0 Å². The fraction of sp³-hybridized carbons (Fsp3) is 0.278. The van der Waals surface area contributed by atoms with Gasteiger partial charge in [0.1, 0.15) is 18.4 Å². The van der Waals surface area contributed by atoms with E-state index in [4.69, 9.17) is 9.47 Å². The molecule has 0 aliphatic carbocycles. The van der Waals surface area contributed by atoms with Gasteiger partial charge in [0.25, 0.3) is 11.9 Å². The van der Waals surface area contributed by atoms with Crippen molar-refractivity contribution in [2.45, 2.75) is 18.5 Å². The number of rotatable bonds is 6. The van der Waals surface area contributed by atoms with Crippen LogP contribution in [0.25, 0.3) is 0 Å². The summed E-state index contributed by atoms with van der Waals surface area (Å²) >= 11 is 0. The third-order valence-corrected chi connectivity index (χ3v) is 3.98. The summed E-state index contributed by atoms with van der Waals surface area (Å²) in [5.41, 5.74) is 1.84. The SMILES string of the molecule is COc1ccc(C[C@H](C2=N[C@H](c3ccccc3)CO2)[N+](=O)[O-])cc1. The van der Waals surface area contributed by atoms with Gasteiger partial charge in [-0.15, -0.1) is 0 Å². The van der Waals surface area contributed by atoms with Crippen LogP contribution in [-0.4, -0.2) is 30.6 Å². The van der Waals surface area contributed by atoms with Gasteiger partial charge in [0.2, 0.25) is 0 Å². The van der Waals surface area contributed by atoms with Gasteiger partial charge in [0.05, 0.1) is 7.11 Å². The zero-order valence-corrected chi connectivity index (χ0v) is 13.3. The number of ether oxygens (including phenoxy) is 2. The smallest absolute Gasteiger partial charge is 0.290 e. The molecule has 2 aromatic carbocycles. The van der Waals surface area contributed by atoms with E-state index in [0.717, 1.165) is 16.9 Å². The Morgan fingerprint density at radius 3 is 2.58 bits per heavy atom. The molecular weight excluding hydrogens is 308 g/mol. The molecule has 2 atom stereocenters. The molecule has 0 amide bonds. The highest BCUT2D eigenvalue weighted by atomic mass is 16.6. The van der Waals surface area contributed by atoms with Crippen LogP contribution in [0.3, 0.4) is 0 Å². The van der Waals surface area contributed by atoms with Crippen LogP contribution < -0.4 is 4.74 Å². The van der Waals surface area contributed by atoms with E-state index in [0.29, 0.717) is 6.61 Å². The Labute approximate surface area is 139 Å². The normalized spacial score (nSPS) is 17.7. The molecule has 24 heavy (non-hydrogen) atoms. The molecule has 124 valence electrons. The maximum Gasteiger partial charge on any atom is 0.290 e. The van der Waals surface area contributed by atoms with E-state index < -0.39 is 6.04 Å². The summed E-state index contributed by atoms with van der Waals surface area (Å²) in [6.45, 7) is 0.340. The van der Waals surface area contributed by atoms with Crippen LogP contribution in [-0.2, 0) is 11.2 Å². The average Bonchev–Trinajstić information content (AvgIpc) is 3.10. The van der Waals surface area contributed by atoms with Gasteiger partial charge in [-0.1, -0.05) is 42.5 Å². The van der Waals surface area contributed by atoms with Crippen molar-refractivity contribution in [3.05, 3.63) is 75.8 Å². The number of benzene rings is 2. The minimum absolute atomic E-state index is 0.181. The second-order valence-corrected chi connectivity index (χ2v) is 5.56. The minimum atomic E-state index is -0.980. The molecule has 0 aromatic heterocycles. The summed E-state index contributed by atoms with van der Waals surface area (Å²) in [7, 11) is 1.58. The van der Waals surface area contributed by atoms with Crippen molar-refractivity contribution in [3.8, 4) is 5.75 Å². The second-order valence-electron chi connectivity index (χ2n) is 5.56. The first kappa shape index (κ1) is 16.0. The highest BCUT2D eigenvalue weighted by Crippen LogP contribution is 2.25. The quantitative estimate of drug-likeness (QED) is 0.604. The van der Waals surface area contributed by atoms with E-state index in [1.165, 1.54) is 0 Å². The largest absolute Gasteiger partial charge is 0.497 e. The van der Waals surface area contributed by atoms with E-state index in [-0.39, 0.29) is 23.3 Å². The Balaban J connectivity index is 1.77. The van der Waals surface area contributed by atoms with Gasteiger partial charge in [-0.25, -0.2) is 4.99 Å². The molecule has 0 saturated heterocycles. The number of hydrogen-bond acceptors (Lipinski definition) is 5. The van der Waals surface area contributed by atoms with Gasteiger partial charge < -0.3 is 9.47 Å². The van der Waals surface area contributed by atoms with Crippen molar-refractivity contribution in [2.24, 2.45) is 4.99 Å². The summed E-state index contributed by atoms with van der Waals surface area (Å²) in [4.78, 5) is 15.6. The van der Waals surface area contributed by atoms with Crippen molar-refractivity contribution in [1.82, 2.24) is 0 Å². The summed E-state index contributed by atoms with van der Waals surface area (Å²) in [5.74, 6) is 0.916. The lowest BCUT2D eigenvalue weighted by Crippen LogP contribution is -2.32. The van der Waals surface area contributed by atoms with Gasteiger partial charge >= 0.3 is 0 Å². The van der Waals surface area contributed by atoms with E-state index in [9.17, 15) is 10.1 Å². The lowest BCUT2D eigenvalue weighted by molar-refractivity contribution is -0.504. The molecule has 0 N–H and O–H groups in total. The zero-order valence-electron chi connectivity index (χ0n) is 13.3. The van der Waals surface area contributed by atoms with Gasteiger partial charge in [-0.3, -0.25) is 10.1 Å². The molecule has 1 aliphatic rings. The number of nitrogens with zero attached hydrogens (tertiary/aromatic N) is 2. The first-order valence-corrected chi connectivity index (χ1v) is 7.69. The fourth-order valence-electron chi connectivity index (χ4n) is 2.66. The van der Waals surface area contributed by atoms with Crippen LogP contribution in [0.4, 0.5) is 0 Å². The Bertz CT molecular complexity index is 728. The lowest BCUT2D eigenvalue weighted by Gasteiger charge is -2.09. The molecular formula is C18H18N2O4. The van der Waals surface area contributed by atoms with Crippen LogP contribution in [0.2, 0.25) is 0 Å². The summed E-state index contributed by atoms with van der Waals surface area (Å²) in [6, 6.07) is 15.7. The first-order valence-electron chi connectivity index (χ1n) is 7.69. The molecule has 1 aliphatic heterocycles. The molecule has 6 heteroatoms. The lowest BCUT2D eigenvalue weighted by atomic mass is 10.1.